The second kappa shape index (κ2) is 5.61. The van der Waals surface area contributed by atoms with Gasteiger partial charge in [-0.1, -0.05) is 17.7 Å². The van der Waals surface area contributed by atoms with Crippen LogP contribution in [-0.4, -0.2) is 43.0 Å². The van der Waals surface area contributed by atoms with E-state index in [0.29, 0.717) is 6.54 Å². The molecule has 0 spiro atoms. The number of rotatable bonds is 2. The molecule has 1 amide bonds. The van der Waals surface area contributed by atoms with Crippen LogP contribution in [-0.2, 0) is 4.79 Å². The number of nitrogens with zero attached hydrogens (tertiary/aromatic N) is 2. The molecular formula is C15H23N3O. The lowest BCUT2D eigenvalue weighted by molar-refractivity contribution is -0.132. The molecule has 2 unspecified atom stereocenters. The number of aryl methyl sites for hydroxylation is 1. The van der Waals surface area contributed by atoms with Gasteiger partial charge in [-0.2, -0.15) is 0 Å². The molecule has 2 N–H and O–H groups in total. The third-order valence-electron chi connectivity index (χ3n) is 4.05. The first kappa shape index (κ1) is 13.9. The highest BCUT2D eigenvalue weighted by molar-refractivity contribution is 5.86. The first-order valence-corrected chi connectivity index (χ1v) is 6.84. The van der Waals surface area contributed by atoms with Crippen LogP contribution in [0.25, 0.3) is 0 Å². The van der Waals surface area contributed by atoms with Crippen LogP contribution in [0.3, 0.4) is 0 Å². The van der Waals surface area contributed by atoms with Gasteiger partial charge >= 0.3 is 0 Å². The lowest BCUT2D eigenvalue weighted by Crippen LogP contribution is -2.50. The van der Waals surface area contributed by atoms with Crippen LogP contribution in [0.5, 0.6) is 0 Å². The third kappa shape index (κ3) is 2.73. The van der Waals surface area contributed by atoms with Gasteiger partial charge < -0.3 is 15.5 Å². The Morgan fingerprint density at radius 2 is 1.95 bits per heavy atom. The summed E-state index contributed by atoms with van der Waals surface area (Å²) in [7, 11) is 1.87. The maximum Gasteiger partial charge on any atom is 0.246 e. The number of hydrogen-bond donors (Lipinski definition) is 1. The summed E-state index contributed by atoms with van der Waals surface area (Å²) in [6, 6.07) is 8.30. The lowest BCUT2D eigenvalue weighted by atomic mass is 10.1. The minimum absolute atomic E-state index is 0.119. The summed E-state index contributed by atoms with van der Waals surface area (Å²) < 4.78 is 0. The molecule has 0 saturated carbocycles. The molecule has 4 heteroatoms. The molecule has 1 heterocycles. The number of anilines is 1. The number of nitrogens with two attached hydrogens (primary N) is 1. The average molecular weight is 261 g/mol. The van der Waals surface area contributed by atoms with Crippen LogP contribution in [0.15, 0.2) is 24.3 Å². The Morgan fingerprint density at radius 3 is 2.53 bits per heavy atom. The Hall–Kier alpha value is -1.55. The van der Waals surface area contributed by atoms with E-state index in [-0.39, 0.29) is 18.0 Å². The molecule has 4 nitrogen and oxygen atoms in total. The highest BCUT2D eigenvalue weighted by atomic mass is 16.2. The van der Waals surface area contributed by atoms with E-state index >= 15 is 0 Å². The molecule has 0 bridgehead atoms. The van der Waals surface area contributed by atoms with E-state index in [9.17, 15) is 4.79 Å². The molecule has 0 aromatic heterocycles. The minimum Gasteiger partial charge on any atom is -0.358 e. The standard InChI is InChI=1S/C15H23N3O/c1-11-4-6-13(7-5-11)18-9-8-12(2)17(3)15(19)14(18)10-16/h4-7,12,14H,8-10,16H2,1-3H3. The van der Waals surface area contributed by atoms with E-state index in [1.165, 1.54) is 5.56 Å². The van der Waals surface area contributed by atoms with Gasteiger partial charge in [0.1, 0.15) is 6.04 Å². The van der Waals surface area contributed by atoms with E-state index in [2.05, 4.69) is 43.0 Å². The number of carbonyl (C=O) groups is 1. The van der Waals surface area contributed by atoms with Crippen LogP contribution in [0, 0.1) is 6.92 Å². The first-order valence-electron chi connectivity index (χ1n) is 6.84. The average Bonchev–Trinajstić information content (AvgIpc) is 2.52. The molecule has 1 aromatic carbocycles. The molecular weight excluding hydrogens is 238 g/mol. The van der Waals surface area contributed by atoms with Crippen molar-refractivity contribution in [2.45, 2.75) is 32.4 Å². The molecule has 2 rings (SSSR count). The zero-order valence-corrected chi connectivity index (χ0v) is 12.0. The molecule has 1 fully saturated rings. The summed E-state index contributed by atoms with van der Waals surface area (Å²) in [5.41, 5.74) is 8.14. The second-order valence-electron chi connectivity index (χ2n) is 5.37. The molecule has 0 aliphatic carbocycles. The van der Waals surface area contributed by atoms with E-state index in [0.717, 1.165) is 18.7 Å². The van der Waals surface area contributed by atoms with Gasteiger partial charge in [-0.05, 0) is 32.4 Å². The summed E-state index contributed by atoms with van der Waals surface area (Å²) in [5, 5.41) is 0. The predicted molar refractivity (Wildman–Crippen MR) is 78.2 cm³/mol. The van der Waals surface area contributed by atoms with Crippen LogP contribution in [0.2, 0.25) is 0 Å². The van der Waals surface area contributed by atoms with Crippen molar-refractivity contribution in [3.8, 4) is 0 Å². The molecule has 19 heavy (non-hydrogen) atoms. The fraction of sp³-hybridized carbons (Fsp3) is 0.533. The number of amides is 1. The SMILES string of the molecule is Cc1ccc(N2CCC(C)N(C)C(=O)C2CN)cc1. The van der Waals surface area contributed by atoms with E-state index in [1.54, 1.807) is 0 Å². The Balaban J connectivity index is 2.32. The molecule has 1 aromatic rings. The predicted octanol–water partition coefficient (Wildman–Crippen LogP) is 1.38. The van der Waals surface area contributed by atoms with Crippen LogP contribution in [0.1, 0.15) is 18.9 Å². The quantitative estimate of drug-likeness (QED) is 0.875. The van der Waals surface area contributed by atoms with Crippen molar-refractivity contribution in [3.63, 3.8) is 0 Å². The molecule has 1 aliphatic heterocycles. The van der Waals surface area contributed by atoms with Gasteiger partial charge in [-0.25, -0.2) is 0 Å². The summed E-state index contributed by atoms with van der Waals surface area (Å²) in [6.45, 7) is 5.36. The van der Waals surface area contributed by atoms with Crippen molar-refractivity contribution in [1.82, 2.24) is 4.90 Å². The Kier molecular flexibility index (Phi) is 4.10. The zero-order valence-electron chi connectivity index (χ0n) is 12.0. The molecule has 1 saturated heterocycles. The van der Waals surface area contributed by atoms with Gasteiger partial charge in [-0.3, -0.25) is 4.79 Å². The maximum absolute atomic E-state index is 12.4. The smallest absolute Gasteiger partial charge is 0.246 e. The number of likely N-dealkylation sites (N-methyl/N-ethyl adjacent to an activating group) is 1. The van der Waals surface area contributed by atoms with E-state index < -0.39 is 0 Å². The summed E-state index contributed by atoms with van der Waals surface area (Å²) >= 11 is 0. The highest BCUT2D eigenvalue weighted by Gasteiger charge is 2.32. The van der Waals surface area contributed by atoms with Gasteiger partial charge in [0.2, 0.25) is 5.91 Å². The minimum atomic E-state index is -0.252. The van der Waals surface area contributed by atoms with Crippen molar-refractivity contribution < 1.29 is 4.79 Å². The molecule has 2 atom stereocenters. The maximum atomic E-state index is 12.4. The summed E-state index contributed by atoms with van der Waals surface area (Å²) in [6.07, 6.45) is 0.965. The van der Waals surface area contributed by atoms with Gasteiger partial charge in [-0.15, -0.1) is 0 Å². The zero-order chi connectivity index (χ0) is 14.0. The van der Waals surface area contributed by atoms with Crippen molar-refractivity contribution >= 4 is 11.6 Å². The monoisotopic (exact) mass is 261 g/mol. The van der Waals surface area contributed by atoms with Gasteiger partial charge in [0, 0.05) is 31.9 Å². The fourth-order valence-electron chi connectivity index (χ4n) is 2.53. The summed E-state index contributed by atoms with van der Waals surface area (Å²) in [4.78, 5) is 16.4. The van der Waals surface area contributed by atoms with E-state index in [1.807, 2.05) is 11.9 Å². The van der Waals surface area contributed by atoms with Gasteiger partial charge in [0.25, 0.3) is 0 Å². The fourth-order valence-corrected chi connectivity index (χ4v) is 2.53. The lowest BCUT2D eigenvalue weighted by Gasteiger charge is -2.31. The van der Waals surface area contributed by atoms with Crippen molar-refractivity contribution in [2.24, 2.45) is 5.73 Å². The van der Waals surface area contributed by atoms with Crippen LogP contribution in [0.4, 0.5) is 5.69 Å². The largest absolute Gasteiger partial charge is 0.358 e. The first-order chi connectivity index (χ1) is 9.04. The topological polar surface area (TPSA) is 49.6 Å². The highest BCUT2D eigenvalue weighted by Crippen LogP contribution is 2.23. The Labute approximate surface area is 115 Å². The number of hydrogen-bond acceptors (Lipinski definition) is 3. The third-order valence-corrected chi connectivity index (χ3v) is 4.05. The number of benzene rings is 1. The van der Waals surface area contributed by atoms with Gasteiger partial charge in [0.05, 0.1) is 0 Å². The normalized spacial score (nSPS) is 24.5. The Bertz CT molecular complexity index is 443. The van der Waals surface area contributed by atoms with Crippen molar-refractivity contribution in [2.75, 3.05) is 25.0 Å². The van der Waals surface area contributed by atoms with Crippen molar-refractivity contribution in [1.29, 1.82) is 0 Å². The molecule has 0 radical (unpaired) electrons. The Morgan fingerprint density at radius 1 is 1.32 bits per heavy atom. The second-order valence-corrected chi connectivity index (χ2v) is 5.37. The summed E-state index contributed by atoms with van der Waals surface area (Å²) in [5.74, 6) is 0.119. The molecule has 1 aliphatic rings. The van der Waals surface area contributed by atoms with Gasteiger partial charge in [0.15, 0.2) is 0 Å². The van der Waals surface area contributed by atoms with Crippen LogP contribution < -0.4 is 10.6 Å². The molecule has 104 valence electrons. The number of carbonyl (C=O) groups excluding carboxylic acids is 1. The van der Waals surface area contributed by atoms with Crippen LogP contribution >= 0.6 is 0 Å². The van der Waals surface area contributed by atoms with E-state index in [4.69, 9.17) is 5.73 Å². The van der Waals surface area contributed by atoms with Crippen molar-refractivity contribution in [3.05, 3.63) is 29.8 Å².